The second kappa shape index (κ2) is 7.75. The van der Waals surface area contributed by atoms with Crippen molar-refractivity contribution in [3.8, 4) is 0 Å². The van der Waals surface area contributed by atoms with Gasteiger partial charge in [0.2, 0.25) is 11.8 Å². The molecule has 1 heterocycles. The molecule has 1 saturated carbocycles. The van der Waals surface area contributed by atoms with E-state index in [-0.39, 0.29) is 35.6 Å². The van der Waals surface area contributed by atoms with Gasteiger partial charge in [0.25, 0.3) is 0 Å². The van der Waals surface area contributed by atoms with Gasteiger partial charge in [0.15, 0.2) is 0 Å². The van der Waals surface area contributed by atoms with Crippen molar-refractivity contribution in [3.63, 3.8) is 0 Å². The van der Waals surface area contributed by atoms with Crippen LogP contribution in [0.15, 0.2) is 24.3 Å². The Hall–Kier alpha value is -1.95. The first-order chi connectivity index (χ1) is 11.6. The molecule has 0 radical (unpaired) electrons. The van der Waals surface area contributed by atoms with Gasteiger partial charge >= 0.3 is 0 Å². The number of ether oxygens (including phenoxy) is 1. The van der Waals surface area contributed by atoms with Crippen molar-refractivity contribution >= 4 is 11.8 Å². The zero-order valence-electron chi connectivity index (χ0n) is 13.6. The third-order valence-electron chi connectivity index (χ3n) is 4.64. The summed E-state index contributed by atoms with van der Waals surface area (Å²) in [6, 6.07) is 6.53. The van der Waals surface area contributed by atoms with E-state index in [2.05, 4.69) is 10.6 Å². The fourth-order valence-corrected chi connectivity index (χ4v) is 3.08. The number of benzene rings is 1. The lowest BCUT2D eigenvalue weighted by atomic mass is 10.1. The van der Waals surface area contributed by atoms with Gasteiger partial charge in [-0.1, -0.05) is 18.2 Å². The molecular formula is C18H23FN2O3. The van der Waals surface area contributed by atoms with E-state index in [0.717, 1.165) is 19.4 Å². The van der Waals surface area contributed by atoms with Gasteiger partial charge in [0.1, 0.15) is 5.82 Å². The molecule has 0 spiro atoms. The average Bonchev–Trinajstić information content (AvgIpc) is 3.22. The third kappa shape index (κ3) is 4.32. The number of carbonyl (C=O) groups excluding carboxylic acids is 2. The predicted octanol–water partition coefficient (Wildman–Crippen LogP) is 1.42. The lowest BCUT2D eigenvalue weighted by Gasteiger charge is -2.10. The van der Waals surface area contributed by atoms with Crippen LogP contribution in [0.3, 0.4) is 0 Å². The van der Waals surface area contributed by atoms with Gasteiger partial charge in [-0.25, -0.2) is 4.39 Å². The SMILES string of the molecule is O=C(NCCc1ccccc1F)C1CC1C(=O)NCC1CCCO1. The molecule has 2 fully saturated rings. The van der Waals surface area contributed by atoms with Crippen molar-refractivity contribution in [1.29, 1.82) is 0 Å². The molecular weight excluding hydrogens is 311 g/mol. The second-order valence-corrected chi connectivity index (χ2v) is 6.46. The molecule has 5 nitrogen and oxygen atoms in total. The van der Waals surface area contributed by atoms with Crippen molar-refractivity contribution in [2.75, 3.05) is 19.7 Å². The first kappa shape index (κ1) is 16.9. The summed E-state index contributed by atoms with van der Waals surface area (Å²) in [6.45, 7) is 1.66. The molecule has 2 N–H and O–H groups in total. The van der Waals surface area contributed by atoms with Crippen molar-refractivity contribution in [3.05, 3.63) is 35.6 Å². The highest BCUT2D eigenvalue weighted by Gasteiger charge is 2.47. The van der Waals surface area contributed by atoms with Gasteiger partial charge in [-0.3, -0.25) is 9.59 Å². The molecule has 130 valence electrons. The number of carbonyl (C=O) groups is 2. The minimum Gasteiger partial charge on any atom is -0.376 e. The highest BCUT2D eigenvalue weighted by Crippen LogP contribution is 2.38. The summed E-state index contributed by atoms with van der Waals surface area (Å²) in [5.74, 6) is -0.942. The largest absolute Gasteiger partial charge is 0.376 e. The van der Waals surface area contributed by atoms with Crippen LogP contribution in [0.1, 0.15) is 24.8 Å². The maximum Gasteiger partial charge on any atom is 0.224 e. The number of hydrogen-bond donors (Lipinski definition) is 2. The molecule has 1 aliphatic heterocycles. The Morgan fingerprint density at radius 2 is 1.92 bits per heavy atom. The predicted molar refractivity (Wildman–Crippen MR) is 86.7 cm³/mol. The average molecular weight is 334 g/mol. The maximum absolute atomic E-state index is 13.5. The fourth-order valence-electron chi connectivity index (χ4n) is 3.08. The highest BCUT2D eigenvalue weighted by atomic mass is 19.1. The summed E-state index contributed by atoms with van der Waals surface area (Å²) in [6.07, 6.45) is 3.16. The van der Waals surface area contributed by atoms with Crippen molar-refractivity contribution in [2.24, 2.45) is 11.8 Å². The van der Waals surface area contributed by atoms with E-state index < -0.39 is 0 Å². The third-order valence-corrected chi connectivity index (χ3v) is 4.64. The maximum atomic E-state index is 13.5. The summed E-state index contributed by atoms with van der Waals surface area (Å²) >= 11 is 0. The Morgan fingerprint density at radius 3 is 2.62 bits per heavy atom. The number of amides is 2. The summed E-state index contributed by atoms with van der Waals surface area (Å²) in [4.78, 5) is 24.1. The Labute approximate surface area is 141 Å². The van der Waals surface area contributed by atoms with Crippen LogP contribution in [0.2, 0.25) is 0 Å². The monoisotopic (exact) mass is 334 g/mol. The van der Waals surface area contributed by atoms with E-state index >= 15 is 0 Å². The molecule has 3 atom stereocenters. The van der Waals surface area contributed by atoms with Gasteiger partial charge in [-0.2, -0.15) is 0 Å². The summed E-state index contributed by atoms with van der Waals surface area (Å²) in [5, 5.41) is 5.66. The summed E-state index contributed by atoms with van der Waals surface area (Å²) in [7, 11) is 0. The fraction of sp³-hybridized carbons (Fsp3) is 0.556. The molecule has 24 heavy (non-hydrogen) atoms. The van der Waals surface area contributed by atoms with Crippen LogP contribution in [0.25, 0.3) is 0 Å². The van der Waals surface area contributed by atoms with Crippen LogP contribution in [0.5, 0.6) is 0 Å². The van der Waals surface area contributed by atoms with Gasteiger partial charge in [0, 0.05) is 19.7 Å². The van der Waals surface area contributed by atoms with Crippen LogP contribution in [-0.2, 0) is 20.7 Å². The zero-order valence-corrected chi connectivity index (χ0v) is 13.6. The molecule has 2 aliphatic rings. The number of halogens is 1. The number of hydrogen-bond acceptors (Lipinski definition) is 3. The van der Waals surface area contributed by atoms with Crippen molar-refractivity contribution in [1.82, 2.24) is 10.6 Å². The van der Waals surface area contributed by atoms with Crippen LogP contribution in [0, 0.1) is 17.7 Å². The molecule has 6 heteroatoms. The minimum atomic E-state index is -0.260. The molecule has 1 aromatic carbocycles. The number of rotatable bonds is 7. The highest BCUT2D eigenvalue weighted by molar-refractivity contribution is 5.92. The zero-order chi connectivity index (χ0) is 16.9. The molecule has 0 bridgehead atoms. The van der Waals surface area contributed by atoms with Gasteiger partial charge in [-0.15, -0.1) is 0 Å². The Bertz CT molecular complexity index is 602. The molecule has 2 amide bonds. The van der Waals surface area contributed by atoms with Crippen LogP contribution in [0.4, 0.5) is 4.39 Å². The molecule has 3 rings (SSSR count). The molecule has 1 saturated heterocycles. The van der Waals surface area contributed by atoms with E-state index in [0.29, 0.717) is 31.5 Å². The van der Waals surface area contributed by atoms with Crippen LogP contribution in [-0.4, -0.2) is 37.6 Å². The normalized spacial score (nSPS) is 25.3. The Kier molecular flexibility index (Phi) is 5.45. The van der Waals surface area contributed by atoms with Gasteiger partial charge < -0.3 is 15.4 Å². The summed E-state index contributed by atoms with van der Waals surface area (Å²) in [5.41, 5.74) is 0.583. The summed E-state index contributed by atoms with van der Waals surface area (Å²) < 4.78 is 18.9. The van der Waals surface area contributed by atoms with E-state index in [1.54, 1.807) is 18.2 Å². The lowest BCUT2D eigenvalue weighted by molar-refractivity contribution is -0.127. The second-order valence-electron chi connectivity index (χ2n) is 6.46. The number of nitrogens with one attached hydrogen (secondary N) is 2. The first-order valence-corrected chi connectivity index (χ1v) is 8.55. The smallest absolute Gasteiger partial charge is 0.224 e. The van der Waals surface area contributed by atoms with E-state index in [1.807, 2.05) is 0 Å². The molecule has 3 unspecified atom stereocenters. The molecule has 1 aliphatic carbocycles. The van der Waals surface area contributed by atoms with Crippen LogP contribution < -0.4 is 10.6 Å². The van der Waals surface area contributed by atoms with Crippen LogP contribution >= 0.6 is 0 Å². The Balaban J connectivity index is 1.34. The van der Waals surface area contributed by atoms with Gasteiger partial charge in [-0.05, 0) is 37.3 Å². The quantitative estimate of drug-likeness (QED) is 0.792. The first-order valence-electron chi connectivity index (χ1n) is 8.55. The lowest BCUT2D eigenvalue weighted by Crippen LogP contribution is -2.35. The minimum absolute atomic E-state index is 0.0697. The van der Waals surface area contributed by atoms with Crippen molar-refractivity contribution < 1.29 is 18.7 Å². The van der Waals surface area contributed by atoms with Gasteiger partial charge in [0.05, 0.1) is 17.9 Å². The standard InChI is InChI=1S/C18H23FN2O3/c19-16-6-2-1-4-12(16)7-8-20-17(22)14-10-15(14)18(23)21-11-13-5-3-9-24-13/h1-2,4,6,13-15H,3,5,7-11H2,(H,20,22)(H,21,23). The molecule has 1 aromatic rings. The topological polar surface area (TPSA) is 67.4 Å². The Morgan fingerprint density at radius 1 is 1.17 bits per heavy atom. The van der Waals surface area contributed by atoms with E-state index in [9.17, 15) is 14.0 Å². The van der Waals surface area contributed by atoms with E-state index in [1.165, 1.54) is 6.07 Å². The molecule has 0 aromatic heterocycles. The van der Waals surface area contributed by atoms with E-state index in [4.69, 9.17) is 4.74 Å². The van der Waals surface area contributed by atoms with Crippen molar-refractivity contribution in [2.45, 2.75) is 31.8 Å².